The van der Waals surface area contributed by atoms with Crippen LogP contribution >= 0.6 is 0 Å². The van der Waals surface area contributed by atoms with Gasteiger partial charge in [-0.1, -0.05) is 13.8 Å². The van der Waals surface area contributed by atoms with Crippen molar-refractivity contribution in [3.63, 3.8) is 0 Å². The van der Waals surface area contributed by atoms with Gasteiger partial charge in [-0.2, -0.15) is 0 Å². The second-order valence-corrected chi connectivity index (χ2v) is 4.66. The summed E-state index contributed by atoms with van der Waals surface area (Å²) >= 11 is 0. The Bertz CT molecular complexity index is 277. The molecule has 0 spiro atoms. The largest absolute Gasteiger partial charge is 0.481 e. The molecular weight excluding hydrogens is 198 g/mol. The second kappa shape index (κ2) is 4.08. The average Bonchev–Trinajstić information content (AvgIpc) is 2.22. The van der Waals surface area contributed by atoms with Crippen LogP contribution in [0.4, 0.5) is 4.79 Å². The monoisotopic (exact) mass is 215 g/mol. The van der Waals surface area contributed by atoms with Crippen molar-refractivity contribution >= 4 is 12.1 Å². The number of ether oxygens (including phenoxy) is 1. The Morgan fingerprint density at radius 1 is 1.67 bits per heavy atom. The molecule has 86 valence electrons. The van der Waals surface area contributed by atoms with Crippen LogP contribution in [0.15, 0.2) is 0 Å². The van der Waals surface area contributed by atoms with Gasteiger partial charge < -0.3 is 14.7 Å². The summed E-state index contributed by atoms with van der Waals surface area (Å²) in [5.41, 5.74) is -0.877. The molecule has 0 aliphatic carbocycles. The first-order chi connectivity index (χ1) is 6.82. The molecule has 1 amide bonds. The maximum absolute atomic E-state index is 11.4. The van der Waals surface area contributed by atoms with Gasteiger partial charge in [-0.3, -0.25) is 4.79 Å². The molecule has 0 aromatic carbocycles. The van der Waals surface area contributed by atoms with Gasteiger partial charge in [0, 0.05) is 6.54 Å². The molecule has 1 saturated heterocycles. The predicted molar refractivity (Wildman–Crippen MR) is 53.5 cm³/mol. The van der Waals surface area contributed by atoms with Gasteiger partial charge in [0.25, 0.3) is 0 Å². The molecule has 15 heavy (non-hydrogen) atoms. The van der Waals surface area contributed by atoms with E-state index >= 15 is 0 Å². The highest BCUT2D eigenvalue weighted by Crippen LogP contribution is 2.26. The first kappa shape index (κ1) is 11.8. The minimum Gasteiger partial charge on any atom is -0.481 e. The van der Waals surface area contributed by atoms with Crippen LogP contribution in [0.5, 0.6) is 0 Å². The van der Waals surface area contributed by atoms with E-state index in [1.54, 1.807) is 11.8 Å². The van der Waals surface area contributed by atoms with Gasteiger partial charge in [-0.15, -0.1) is 0 Å². The van der Waals surface area contributed by atoms with Gasteiger partial charge in [0.1, 0.15) is 5.60 Å². The lowest BCUT2D eigenvalue weighted by Crippen LogP contribution is -2.35. The van der Waals surface area contributed by atoms with E-state index in [2.05, 4.69) is 0 Å². The van der Waals surface area contributed by atoms with E-state index < -0.39 is 17.7 Å². The molecule has 1 aliphatic rings. The first-order valence-corrected chi connectivity index (χ1v) is 5.02. The van der Waals surface area contributed by atoms with Crippen LogP contribution < -0.4 is 0 Å². The number of rotatable bonds is 4. The summed E-state index contributed by atoms with van der Waals surface area (Å²) in [5, 5.41) is 8.68. The Labute approximate surface area is 89.0 Å². The fourth-order valence-electron chi connectivity index (χ4n) is 1.77. The highest BCUT2D eigenvalue weighted by atomic mass is 16.6. The number of carboxylic acids is 1. The zero-order valence-corrected chi connectivity index (χ0v) is 9.32. The average molecular weight is 215 g/mol. The van der Waals surface area contributed by atoms with Crippen molar-refractivity contribution in [2.45, 2.75) is 32.8 Å². The van der Waals surface area contributed by atoms with E-state index in [-0.39, 0.29) is 6.42 Å². The standard InChI is InChI=1S/C10H17NO4/c1-7(2)5-11-6-10(3,4-8(12)13)15-9(11)14/h7H,4-6H2,1-3H3,(H,12,13). The summed E-state index contributed by atoms with van der Waals surface area (Å²) in [6.07, 6.45) is -0.555. The Morgan fingerprint density at radius 3 is 2.73 bits per heavy atom. The van der Waals surface area contributed by atoms with E-state index in [1.165, 1.54) is 0 Å². The van der Waals surface area contributed by atoms with E-state index in [4.69, 9.17) is 9.84 Å². The van der Waals surface area contributed by atoms with Crippen molar-refractivity contribution in [3.05, 3.63) is 0 Å². The SMILES string of the molecule is CC(C)CN1CC(C)(CC(=O)O)OC1=O. The molecule has 5 heteroatoms. The van der Waals surface area contributed by atoms with Gasteiger partial charge in [0.15, 0.2) is 0 Å². The van der Waals surface area contributed by atoms with Gasteiger partial charge in [0.2, 0.25) is 0 Å². The highest BCUT2D eigenvalue weighted by Gasteiger charge is 2.42. The van der Waals surface area contributed by atoms with E-state index in [9.17, 15) is 9.59 Å². The molecule has 1 rings (SSSR count). The lowest BCUT2D eigenvalue weighted by atomic mass is 10.0. The maximum atomic E-state index is 11.4. The minimum absolute atomic E-state index is 0.146. The van der Waals surface area contributed by atoms with E-state index in [0.29, 0.717) is 19.0 Å². The molecular formula is C10H17NO4. The van der Waals surface area contributed by atoms with Crippen molar-refractivity contribution in [2.24, 2.45) is 5.92 Å². The summed E-state index contributed by atoms with van der Waals surface area (Å²) in [4.78, 5) is 23.6. The van der Waals surface area contributed by atoms with Gasteiger partial charge >= 0.3 is 12.1 Å². The molecule has 0 bridgehead atoms. The Morgan fingerprint density at radius 2 is 2.27 bits per heavy atom. The quantitative estimate of drug-likeness (QED) is 0.768. The lowest BCUT2D eigenvalue weighted by molar-refractivity contribution is -0.140. The normalized spacial score (nSPS) is 25.9. The molecule has 1 heterocycles. The smallest absolute Gasteiger partial charge is 0.410 e. The van der Waals surface area contributed by atoms with E-state index in [1.807, 2.05) is 13.8 Å². The third-order valence-corrected chi connectivity index (χ3v) is 2.23. The number of aliphatic carboxylic acids is 1. The number of carbonyl (C=O) groups is 2. The summed E-state index contributed by atoms with van der Waals surface area (Å²) in [6, 6.07) is 0. The molecule has 0 saturated carbocycles. The van der Waals surface area contributed by atoms with Crippen LogP contribution in [0.1, 0.15) is 27.2 Å². The van der Waals surface area contributed by atoms with Crippen LogP contribution in [-0.2, 0) is 9.53 Å². The molecule has 1 unspecified atom stereocenters. The van der Waals surface area contributed by atoms with Crippen LogP contribution in [0.25, 0.3) is 0 Å². The molecule has 1 aliphatic heterocycles. The summed E-state index contributed by atoms with van der Waals surface area (Å²) < 4.78 is 5.08. The van der Waals surface area contributed by atoms with Gasteiger partial charge in [-0.05, 0) is 12.8 Å². The van der Waals surface area contributed by atoms with Crippen molar-refractivity contribution in [2.75, 3.05) is 13.1 Å². The second-order valence-electron chi connectivity index (χ2n) is 4.66. The number of cyclic esters (lactones) is 1. The number of carboxylic acid groups (broad SMARTS) is 1. The third kappa shape index (κ3) is 3.11. The Balaban J connectivity index is 2.61. The van der Waals surface area contributed by atoms with Gasteiger partial charge in [-0.25, -0.2) is 4.79 Å². The lowest BCUT2D eigenvalue weighted by Gasteiger charge is -2.19. The number of nitrogens with zero attached hydrogens (tertiary/aromatic N) is 1. The molecule has 1 N–H and O–H groups in total. The van der Waals surface area contributed by atoms with Crippen LogP contribution in [-0.4, -0.2) is 40.8 Å². The Kier molecular flexibility index (Phi) is 3.21. The first-order valence-electron chi connectivity index (χ1n) is 5.02. The van der Waals surface area contributed by atoms with Crippen molar-refractivity contribution in [1.29, 1.82) is 0 Å². The molecule has 1 fully saturated rings. The molecule has 0 radical (unpaired) electrons. The summed E-state index contributed by atoms with van der Waals surface area (Å²) in [6.45, 7) is 6.62. The number of carbonyl (C=O) groups excluding carboxylic acids is 1. The fourth-order valence-corrected chi connectivity index (χ4v) is 1.77. The number of amides is 1. The topological polar surface area (TPSA) is 66.8 Å². The van der Waals surface area contributed by atoms with E-state index in [0.717, 1.165) is 0 Å². The maximum Gasteiger partial charge on any atom is 0.410 e. The summed E-state index contributed by atoms with van der Waals surface area (Å²) in [7, 11) is 0. The highest BCUT2D eigenvalue weighted by molar-refractivity contribution is 5.74. The predicted octanol–water partition coefficient (Wildman–Crippen LogP) is 1.33. The van der Waals surface area contributed by atoms with Crippen LogP contribution in [0.2, 0.25) is 0 Å². The van der Waals surface area contributed by atoms with Crippen molar-refractivity contribution in [1.82, 2.24) is 4.90 Å². The molecule has 0 aromatic rings. The van der Waals surface area contributed by atoms with Crippen LogP contribution in [0, 0.1) is 5.92 Å². The van der Waals surface area contributed by atoms with Gasteiger partial charge in [0.05, 0.1) is 13.0 Å². The third-order valence-electron chi connectivity index (χ3n) is 2.23. The minimum atomic E-state index is -0.948. The van der Waals surface area contributed by atoms with Crippen LogP contribution in [0.3, 0.4) is 0 Å². The molecule has 5 nitrogen and oxygen atoms in total. The van der Waals surface area contributed by atoms with Crippen molar-refractivity contribution < 1.29 is 19.4 Å². The molecule has 0 aromatic heterocycles. The molecule has 1 atom stereocenters. The zero-order chi connectivity index (χ0) is 11.6. The zero-order valence-electron chi connectivity index (χ0n) is 9.32. The Hall–Kier alpha value is -1.26. The fraction of sp³-hybridized carbons (Fsp3) is 0.800. The number of hydrogen-bond donors (Lipinski definition) is 1. The number of hydrogen-bond acceptors (Lipinski definition) is 3. The summed E-state index contributed by atoms with van der Waals surface area (Å²) in [5.74, 6) is -0.596. The van der Waals surface area contributed by atoms with Crippen molar-refractivity contribution in [3.8, 4) is 0 Å².